The van der Waals surface area contributed by atoms with Crippen molar-refractivity contribution < 1.29 is 9.72 Å². The smallest absolute Gasteiger partial charge is 0.271 e. The summed E-state index contributed by atoms with van der Waals surface area (Å²) in [4.78, 5) is 26.4. The van der Waals surface area contributed by atoms with Crippen molar-refractivity contribution in [2.45, 2.75) is 6.92 Å². The van der Waals surface area contributed by atoms with Crippen LogP contribution in [-0.4, -0.2) is 15.8 Å². The van der Waals surface area contributed by atoms with Gasteiger partial charge >= 0.3 is 0 Å². The lowest BCUT2D eigenvalue weighted by atomic mass is 10.0. The van der Waals surface area contributed by atoms with Crippen molar-refractivity contribution in [1.82, 2.24) is 4.98 Å². The molecule has 1 heterocycles. The summed E-state index contributed by atoms with van der Waals surface area (Å²) in [6.07, 6.45) is 1.51. The second kappa shape index (κ2) is 5.79. The van der Waals surface area contributed by atoms with Crippen LogP contribution in [-0.2, 0) is 0 Å². The maximum Gasteiger partial charge on any atom is 0.271 e. The first-order valence-electron chi connectivity index (χ1n) is 5.94. The van der Waals surface area contributed by atoms with Gasteiger partial charge < -0.3 is 5.32 Å². The van der Waals surface area contributed by atoms with E-state index < -0.39 is 10.8 Å². The number of nitrogens with zero attached hydrogens (tertiary/aromatic N) is 3. The van der Waals surface area contributed by atoms with E-state index in [4.69, 9.17) is 5.26 Å². The largest absolute Gasteiger partial charge is 0.307 e. The molecule has 1 aromatic heterocycles. The highest BCUT2D eigenvalue weighted by Crippen LogP contribution is 2.22. The van der Waals surface area contributed by atoms with Crippen molar-refractivity contribution in [1.29, 1.82) is 5.26 Å². The third-order valence-electron chi connectivity index (χ3n) is 2.87. The molecule has 7 heteroatoms. The van der Waals surface area contributed by atoms with Gasteiger partial charge in [-0.05, 0) is 24.6 Å². The number of carbonyl (C=O) groups is 1. The van der Waals surface area contributed by atoms with E-state index in [1.165, 1.54) is 6.20 Å². The van der Waals surface area contributed by atoms with E-state index in [1.54, 1.807) is 25.1 Å². The standard InChI is InChI=1S/C14H10N4O3/c1-9-10(8-15)6-11(18(20)21)7-12(9)14(19)17-13-4-2-3-5-16-13/h2-7H,1H3,(H,16,17,19). The van der Waals surface area contributed by atoms with Gasteiger partial charge in [0.1, 0.15) is 5.82 Å². The summed E-state index contributed by atoms with van der Waals surface area (Å²) in [7, 11) is 0. The second-order valence-corrected chi connectivity index (χ2v) is 4.20. The predicted octanol–water partition coefficient (Wildman–Crippen LogP) is 2.42. The summed E-state index contributed by atoms with van der Waals surface area (Å²) >= 11 is 0. The van der Waals surface area contributed by atoms with E-state index in [2.05, 4.69) is 10.3 Å². The van der Waals surface area contributed by atoms with Crippen molar-refractivity contribution in [3.63, 3.8) is 0 Å². The summed E-state index contributed by atoms with van der Waals surface area (Å²) in [5, 5.41) is 22.4. The van der Waals surface area contributed by atoms with Crippen LogP contribution < -0.4 is 5.32 Å². The van der Waals surface area contributed by atoms with E-state index >= 15 is 0 Å². The van der Waals surface area contributed by atoms with Gasteiger partial charge in [-0.1, -0.05) is 6.07 Å². The van der Waals surface area contributed by atoms with Crippen LogP contribution in [0.1, 0.15) is 21.5 Å². The number of carbonyl (C=O) groups excluding carboxylic acids is 1. The molecule has 0 saturated carbocycles. The third kappa shape index (κ3) is 3.01. The Bertz CT molecular complexity index is 751. The fourth-order valence-electron chi connectivity index (χ4n) is 1.78. The molecule has 1 aromatic carbocycles. The topological polar surface area (TPSA) is 109 Å². The number of amides is 1. The summed E-state index contributed by atoms with van der Waals surface area (Å²) in [6.45, 7) is 1.57. The lowest BCUT2D eigenvalue weighted by molar-refractivity contribution is -0.384. The van der Waals surface area contributed by atoms with Crippen LogP contribution in [0.4, 0.5) is 11.5 Å². The zero-order chi connectivity index (χ0) is 15.4. The van der Waals surface area contributed by atoms with Crippen LogP contribution in [0.2, 0.25) is 0 Å². The minimum Gasteiger partial charge on any atom is -0.307 e. The molecule has 0 atom stereocenters. The Kier molecular flexibility index (Phi) is 3.90. The molecule has 0 aliphatic rings. The van der Waals surface area contributed by atoms with Gasteiger partial charge in [0.2, 0.25) is 0 Å². The Balaban J connectivity index is 2.43. The number of rotatable bonds is 3. The Morgan fingerprint density at radius 1 is 1.43 bits per heavy atom. The number of hydrogen-bond donors (Lipinski definition) is 1. The number of nitro benzene ring substituents is 1. The van der Waals surface area contributed by atoms with Gasteiger partial charge in [0, 0.05) is 18.3 Å². The minimum absolute atomic E-state index is 0.0754. The predicted molar refractivity (Wildman–Crippen MR) is 74.7 cm³/mol. The SMILES string of the molecule is Cc1c(C#N)cc([N+](=O)[O-])cc1C(=O)Nc1ccccn1. The van der Waals surface area contributed by atoms with Crippen molar-refractivity contribution in [3.8, 4) is 6.07 Å². The molecule has 0 saturated heterocycles. The number of benzene rings is 1. The van der Waals surface area contributed by atoms with Gasteiger partial charge in [-0.15, -0.1) is 0 Å². The van der Waals surface area contributed by atoms with E-state index in [0.717, 1.165) is 12.1 Å². The molecule has 0 aliphatic heterocycles. The van der Waals surface area contributed by atoms with E-state index in [1.807, 2.05) is 6.07 Å². The van der Waals surface area contributed by atoms with E-state index in [9.17, 15) is 14.9 Å². The minimum atomic E-state index is -0.641. The molecule has 0 aliphatic carbocycles. The first kappa shape index (κ1) is 14.1. The van der Waals surface area contributed by atoms with Gasteiger partial charge in [-0.2, -0.15) is 5.26 Å². The number of aromatic nitrogens is 1. The molecular formula is C14H10N4O3. The molecule has 0 spiro atoms. The van der Waals surface area contributed by atoms with Gasteiger partial charge in [0.05, 0.1) is 22.1 Å². The van der Waals surface area contributed by atoms with Crippen molar-refractivity contribution in [2.75, 3.05) is 5.32 Å². The Labute approximate surface area is 120 Å². The summed E-state index contributed by atoms with van der Waals surface area (Å²) in [5.41, 5.74) is 0.252. The van der Waals surface area contributed by atoms with Gasteiger partial charge in [-0.3, -0.25) is 14.9 Å². The number of pyridine rings is 1. The van der Waals surface area contributed by atoms with Crippen LogP contribution in [0.5, 0.6) is 0 Å². The number of nitriles is 1. The Morgan fingerprint density at radius 2 is 2.19 bits per heavy atom. The molecular weight excluding hydrogens is 272 g/mol. The lowest BCUT2D eigenvalue weighted by Gasteiger charge is -2.08. The molecule has 2 aromatic rings. The summed E-state index contributed by atoms with van der Waals surface area (Å²) < 4.78 is 0. The van der Waals surface area contributed by atoms with Gasteiger partial charge in [0.25, 0.3) is 11.6 Å². The van der Waals surface area contributed by atoms with Gasteiger partial charge in [0.15, 0.2) is 0 Å². The number of non-ortho nitro benzene ring substituents is 1. The number of nitro groups is 1. The first-order chi connectivity index (χ1) is 10.0. The summed E-state index contributed by atoms with van der Waals surface area (Å²) in [5.74, 6) is -0.224. The van der Waals surface area contributed by atoms with Crippen molar-refractivity contribution >= 4 is 17.4 Å². The molecule has 1 amide bonds. The lowest BCUT2D eigenvalue weighted by Crippen LogP contribution is -2.15. The maximum absolute atomic E-state index is 12.2. The highest BCUT2D eigenvalue weighted by molar-refractivity contribution is 6.05. The third-order valence-corrected chi connectivity index (χ3v) is 2.87. The molecule has 0 fully saturated rings. The van der Waals surface area contributed by atoms with Crippen LogP contribution in [0, 0.1) is 28.4 Å². The highest BCUT2D eigenvalue weighted by Gasteiger charge is 2.19. The van der Waals surface area contributed by atoms with Crippen molar-refractivity contribution in [3.05, 3.63) is 63.3 Å². The van der Waals surface area contributed by atoms with Gasteiger partial charge in [-0.25, -0.2) is 4.98 Å². The fraction of sp³-hybridized carbons (Fsp3) is 0.0714. The molecule has 21 heavy (non-hydrogen) atoms. The molecule has 0 radical (unpaired) electrons. The highest BCUT2D eigenvalue weighted by atomic mass is 16.6. The average Bonchev–Trinajstić information content (AvgIpc) is 2.48. The number of anilines is 1. The molecule has 104 valence electrons. The van der Waals surface area contributed by atoms with Crippen LogP contribution in [0.25, 0.3) is 0 Å². The zero-order valence-electron chi connectivity index (χ0n) is 11.0. The quantitative estimate of drug-likeness (QED) is 0.686. The molecule has 0 bridgehead atoms. The number of hydrogen-bond acceptors (Lipinski definition) is 5. The van der Waals surface area contributed by atoms with Crippen LogP contribution >= 0.6 is 0 Å². The maximum atomic E-state index is 12.2. The molecule has 0 unspecified atom stereocenters. The fourth-order valence-corrected chi connectivity index (χ4v) is 1.78. The van der Waals surface area contributed by atoms with Crippen LogP contribution in [0.3, 0.4) is 0 Å². The Morgan fingerprint density at radius 3 is 2.76 bits per heavy atom. The second-order valence-electron chi connectivity index (χ2n) is 4.20. The average molecular weight is 282 g/mol. The van der Waals surface area contributed by atoms with Crippen molar-refractivity contribution in [2.24, 2.45) is 0 Å². The van der Waals surface area contributed by atoms with E-state index in [-0.39, 0.29) is 16.8 Å². The Hall–Kier alpha value is -3.27. The van der Waals surface area contributed by atoms with E-state index in [0.29, 0.717) is 11.4 Å². The normalized spacial score (nSPS) is 9.71. The molecule has 2 rings (SSSR count). The summed E-state index contributed by atoms with van der Waals surface area (Å²) in [6, 6.07) is 9.13. The molecule has 1 N–H and O–H groups in total. The molecule has 7 nitrogen and oxygen atoms in total. The first-order valence-corrected chi connectivity index (χ1v) is 5.94. The van der Waals surface area contributed by atoms with Crippen LogP contribution in [0.15, 0.2) is 36.5 Å². The zero-order valence-corrected chi connectivity index (χ0v) is 11.0. The number of nitrogens with one attached hydrogen (secondary N) is 1. The monoisotopic (exact) mass is 282 g/mol.